The maximum Gasteiger partial charge on any atom is 0.410 e. The van der Waals surface area contributed by atoms with Gasteiger partial charge in [-0.05, 0) is 45.7 Å². The van der Waals surface area contributed by atoms with Crippen LogP contribution in [0.1, 0.15) is 61.1 Å². The van der Waals surface area contributed by atoms with E-state index in [1.807, 2.05) is 20.8 Å². The first kappa shape index (κ1) is 24.1. The molecule has 1 aliphatic rings. The van der Waals surface area contributed by atoms with Crippen LogP contribution in [-0.4, -0.2) is 56.0 Å². The number of carbonyl (C=O) groups excluding carboxylic acids is 2. The van der Waals surface area contributed by atoms with Gasteiger partial charge in [0.15, 0.2) is 0 Å². The van der Waals surface area contributed by atoms with E-state index in [2.05, 4.69) is 15.4 Å². The molecule has 0 atom stereocenters. The number of halogens is 1. The third-order valence-electron chi connectivity index (χ3n) is 5.73. The van der Waals surface area contributed by atoms with E-state index in [1.54, 1.807) is 11.0 Å². The van der Waals surface area contributed by atoms with Crippen LogP contribution in [0.5, 0.6) is 0 Å². The van der Waals surface area contributed by atoms with Gasteiger partial charge in [-0.3, -0.25) is 15.0 Å². The number of nitrogens with one attached hydrogen (secondary N) is 3. The summed E-state index contributed by atoms with van der Waals surface area (Å²) in [5.41, 5.74) is -0.182. The number of hydrogen-bond acceptors (Lipinski definition) is 6. The number of aromatic nitrogens is 3. The lowest BCUT2D eigenvalue weighted by molar-refractivity contribution is 0.0203. The van der Waals surface area contributed by atoms with Crippen molar-refractivity contribution in [3.8, 4) is 0 Å². The molecule has 3 N–H and O–H groups in total. The minimum atomic E-state index is -0.694. The van der Waals surface area contributed by atoms with E-state index in [4.69, 9.17) is 10.1 Å². The molecule has 35 heavy (non-hydrogen) atoms. The van der Waals surface area contributed by atoms with Crippen LogP contribution in [0.15, 0.2) is 41.3 Å². The zero-order valence-corrected chi connectivity index (χ0v) is 19.7. The molecule has 2 aromatic heterocycles. The van der Waals surface area contributed by atoms with Crippen molar-refractivity contribution >= 4 is 23.5 Å². The highest BCUT2D eigenvalue weighted by molar-refractivity contribution is 6.13. The Hall–Kier alpha value is -4.02. The van der Waals surface area contributed by atoms with Gasteiger partial charge in [-0.1, -0.05) is 12.1 Å². The largest absolute Gasteiger partial charge is 0.444 e. The van der Waals surface area contributed by atoms with Gasteiger partial charge < -0.3 is 19.9 Å². The average Bonchev–Trinajstić information content (AvgIpc) is 3.21. The standard InChI is InChI=1S/C24H27FN6O4/c1-24(2,3)35-23(34)30-10-8-14(9-11-30)18-12-19(32)28-21-16(13-27-31(18)21)22(33)29-20(26)15-6-4-5-7-17(15)25/h4-7,12-14H,8-11H2,1-3H3,(H,28,32)(H2,26,29,33). The number of amides is 2. The SMILES string of the molecule is CC(C)(C)OC(=O)N1CCC(c2cc(=O)[nH]c3c(C(=O)NC(=N)c4ccccc4F)cnn23)CC1. The normalized spacial score (nSPS) is 14.7. The van der Waals surface area contributed by atoms with Crippen molar-refractivity contribution in [2.24, 2.45) is 0 Å². The lowest BCUT2D eigenvalue weighted by atomic mass is 9.93. The molecule has 0 unspecified atom stereocenters. The topological polar surface area (TPSA) is 133 Å². The van der Waals surface area contributed by atoms with Crippen molar-refractivity contribution in [3.05, 3.63) is 69.5 Å². The lowest BCUT2D eigenvalue weighted by Gasteiger charge is -2.33. The number of rotatable bonds is 3. The van der Waals surface area contributed by atoms with Gasteiger partial charge in [0.1, 0.15) is 28.5 Å². The molecule has 3 aromatic rings. The Morgan fingerprint density at radius 3 is 2.54 bits per heavy atom. The number of aromatic amines is 1. The monoisotopic (exact) mass is 482 g/mol. The number of ether oxygens (including phenoxy) is 1. The molecule has 184 valence electrons. The summed E-state index contributed by atoms with van der Waals surface area (Å²) in [7, 11) is 0. The Labute approximate surface area is 200 Å². The van der Waals surface area contributed by atoms with Crippen LogP contribution in [-0.2, 0) is 4.74 Å². The highest BCUT2D eigenvalue weighted by Gasteiger charge is 2.29. The van der Waals surface area contributed by atoms with E-state index < -0.39 is 28.7 Å². The Morgan fingerprint density at radius 1 is 1.20 bits per heavy atom. The van der Waals surface area contributed by atoms with Crippen molar-refractivity contribution in [1.82, 2.24) is 24.8 Å². The first-order valence-electron chi connectivity index (χ1n) is 11.3. The minimum absolute atomic E-state index is 0.0521. The predicted molar refractivity (Wildman–Crippen MR) is 126 cm³/mol. The molecule has 1 aliphatic heterocycles. The number of nitrogens with zero attached hydrogens (tertiary/aromatic N) is 3. The predicted octanol–water partition coefficient (Wildman–Crippen LogP) is 3.03. The highest BCUT2D eigenvalue weighted by Crippen LogP contribution is 2.28. The molecular weight excluding hydrogens is 455 g/mol. The molecule has 0 bridgehead atoms. The summed E-state index contributed by atoms with van der Waals surface area (Å²) in [4.78, 5) is 41.9. The average molecular weight is 483 g/mol. The third kappa shape index (κ3) is 5.23. The van der Waals surface area contributed by atoms with Gasteiger partial charge in [-0.2, -0.15) is 5.10 Å². The zero-order chi connectivity index (χ0) is 25.3. The minimum Gasteiger partial charge on any atom is -0.444 e. The second-order valence-corrected chi connectivity index (χ2v) is 9.43. The summed E-state index contributed by atoms with van der Waals surface area (Å²) in [5.74, 6) is -1.79. The fourth-order valence-electron chi connectivity index (χ4n) is 4.07. The lowest BCUT2D eigenvalue weighted by Crippen LogP contribution is -2.41. The fraction of sp³-hybridized carbons (Fsp3) is 0.375. The molecule has 0 radical (unpaired) electrons. The van der Waals surface area contributed by atoms with E-state index >= 15 is 0 Å². The van der Waals surface area contributed by atoms with E-state index in [-0.39, 0.29) is 28.8 Å². The van der Waals surface area contributed by atoms with Crippen molar-refractivity contribution in [2.45, 2.75) is 45.1 Å². The summed E-state index contributed by atoms with van der Waals surface area (Å²) in [6.07, 6.45) is 2.12. The number of piperidine rings is 1. The van der Waals surface area contributed by atoms with Crippen molar-refractivity contribution in [2.75, 3.05) is 13.1 Å². The molecule has 0 saturated carbocycles. The molecule has 0 aliphatic carbocycles. The number of likely N-dealkylation sites (tertiary alicyclic amines) is 1. The number of H-pyrrole nitrogens is 1. The Kier molecular flexibility index (Phi) is 6.42. The van der Waals surface area contributed by atoms with Crippen molar-refractivity contribution in [1.29, 1.82) is 5.41 Å². The zero-order valence-electron chi connectivity index (χ0n) is 19.7. The van der Waals surface area contributed by atoms with Crippen LogP contribution in [0.3, 0.4) is 0 Å². The molecule has 1 fully saturated rings. The molecular formula is C24H27FN6O4. The quantitative estimate of drug-likeness (QED) is 0.390. The van der Waals surface area contributed by atoms with Gasteiger partial charge in [-0.15, -0.1) is 0 Å². The second kappa shape index (κ2) is 9.32. The summed E-state index contributed by atoms with van der Waals surface area (Å²) in [6.45, 7) is 6.36. The van der Waals surface area contributed by atoms with Crippen LogP contribution in [0, 0.1) is 11.2 Å². The molecule has 2 amide bonds. The number of carbonyl (C=O) groups is 2. The Bertz CT molecular complexity index is 1350. The van der Waals surface area contributed by atoms with E-state index in [0.717, 1.165) is 0 Å². The van der Waals surface area contributed by atoms with E-state index in [9.17, 15) is 18.8 Å². The number of fused-ring (bicyclic) bond motifs is 1. The first-order valence-corrected chi connectivity index (χ1v) is 11.3. The van der Waals surface area contributed by atoms with E-state index in [0.29, 0.717) is 31.6 Å². The first-order chi connectivity index (χ1) is 16.5. The molecule has 3 heterocycles. The molecule has 11 heteroatoms. The maximum atomic E-state index is 14.0. The number of hydrogen-bond donors (Lipinski definition) is 3. The van der Waals surface area contributed by atoms with Crippen LogP contribution >= 0.6 is 0 Å². The Morgan fingerprint density at radius 2 is 1.89 bits per heavy atom. The molecule has 1 aromatic carbocycles. The Balaban J connectivity index is 1.53. The summed E-state index contributed by atoms with van der Waals surface area (Å²) in [6, 6.07) is 7.08. The van der Waals surface area contributed by atoms with Gasteiger partial charge in [0.25, 0.3) is 11.5 Å². The van der Waals surface area contributed by atoms with Gasteiger partial charge >= 0.3 is 6.09 Å². The van der Waals surface area contributed by atoms with Crippen LogP contribution in [0.25, 0.3) is 5.65 Å². The number of amidine groups is 1. The molecule has 10 nitrogen and oxygen atoms in total. The van der Waals surface area contributed by atoms with Crippen molar-refractivity contribution in [3.63, 3.8) is 0 Å². The van der Waals surface area contributed by atoms with Crippen LogP contribution in [0.2, 0.25) is 0 Å². The second-order valence-electron chi connectivity index (χ2n) is 9.43. The van der Waals surface area contributed by atoms with E-state index in [1.165, 1.54) is 35.0 Å². The smallest absolute Gasteiger partial charge is 0.410 e. The summed E-state index contributed by atoms with van der Waals surface area (Å²) < 4.78 is 20.9. The fourth-order valence-corrected chi connectivity index (χ4v) is 4.07. The number of benzene rings is 1. The van der Waals surface area contributed by atoms with Crippen molar-refractivity contribution < 1.29 is 18.7 Å². The maximum absolute atomic E-state index is 14.0. The van der Waals surface area contributed by atoms with Gasteiger partial charge in [0, 0.05) is 25.1 Å². The summed E-state index contributed by atoms with van der Waals surface area (Å²) >= 11 is 0. The highest BCUT2D eigenvalue weighted by atomic mass is 19.1. The van der Waals surface area contributed by atoms with Crippen LogP contribution < -0.4 is 10.9 Å². The molecule has 0 spiro atoms. The van der Waals surface area contributed by atoms with Gasteiger partial charge in [0.05, 0.1) is 17.5 Å². The molecule has 4 rings (SSSR count). The van der Waals surface area contributed by atoms with Gasteiger partial charge in [0.2, 0.25) is 0 Å². The van der Waals surface area contributed by atoms with Crippen LogP contribution in [0.4, 0.5) is 9.18 Å². The summed E-state index contributed by atoms with van der Waals surface area (Å²) in [5, 5.41) is 14.7. The molecule has 1 saturated heterocycles. The third-order valence-corrected chi connectivity index (χ3v) is 5.73. The van der Waals surface area contributed by atoms with Gasteiger partial charge in [-0.25, -0.2) is 13.7 Å².